The molecule has 0 aromatic heterocycles. The molecule has 0 aromatic rings. The average molecular weight is 227 g/mol. The molecule has 0 aliphatic carbocycles. The van der Waals surface area contributed by atoms with Gasteiger partial charge in [-0.3, -0.25) is 0 Å². The minimum atomic E-state index is 0.224. The van der Waals surface area contributed by atoms with Crippen molar-refractivity contribution >= 4 is 11.8 Å². The molecule has 3 heteroatoms. The third-order valence-electron chi connectivity index (χ3n) is 2.76. The molecule has 0 saturated heterocycles. The molecule has 1 aliphatic heterocycles. The molecule has 1 rings (SSSR count). The first-order valence-electron chi connectivity index (χ1n) is 5.41. The van der Waals surface area contributed by atoms with Crippen LogP contribution in [-0.2, 0) is 4.74 Å². The molecule has 86 valence electrons. The largest absolute Gasteiger partial charge is 0.372 e. The highest BCUT2D eigenvalue weighted by Gasteiger charge is 2.23. The van der Waals surface area contributed by atoms with Gasteiger partial charge in [-0.1, -0.05) is 6.08 Å². The normalized spacial score (nSPS) is 23.5. The van der Waals surface area contributed by atoms with Crippen LogP contribution in [0.1, 0.15) is 20.3 Å². The van der Waals surface area contributed by atoms with Gasteiger partial charge in [-0.25, -0.2) is 0 Å². The number of hydrogen-bond donors (Lipinski definition) is 1. The van der Waals surface area contributed by atoms with E-state index in [1.54, 1.807) is 0 Å². The minimum absolute atomic E-state index is 0.224. The fourth-order valence-corrected chi connectivity index (χ4v) is 2.68. The number of nitrogens with one attached hydrogen (secondary N) is 1. The van der Waals surface area contributed by atoms with Crippen molar-refractivity contribution in [3.8, 4) is 0 Å². The molecule has 1 heterocycles. The Labute approximate surface area is 97.2 Å². The predicted octanol–water partition coefficient (Wildman–Crippen LogP) is 2.58. The van der Waals surface area contributed by atoms with Gasteiger partial charge in [0.05, 0.1) is 12.7 Å². The highest BCUT2D eigenvalue weighted by molar-refractivity contribution is 8.02. The topological polar surface area (TPSA) is 21.3 Å². The van der Waals surface area contributed by atoms with E-state index in [1.807, 2.05) is 18.8 Å². The van der Waals surface area contributed by atoms with Crippen LogP contribution < -0.4 is 5.32 Å². The third kappa shape index (κ3) is 3.10. The van der Waals surface area contributed by atoms with E-state index in [0.717, 1.165) is 19.6 Å². The molecule has 0 saturated carbocycles. The number of rotatable bonds is 4. The van der Waals surface area contributed by atoms with Gasteiger partial charge in [0.2, 0.25) is 0 Å². The Morgan fingerprint density at radius 3 is 2.93 bits per heavy atom. The molecule has 1 N–H and O–H groups in total. The lowest BCUT2D eigenvalue weighted by Gasteiger charge is -2.29. The fourth-order valence-electron chi connectivity index (χ4n) is 1.88. The smallest absolute Gasteiger partial charge is 0.0959 e. The molecule has 2 nitrogen and oxygen atoms in total. The quantitative estimate of drug-likeness (QED) is 0.797. The zero-order chi connectivity index (χ0) is 11.3. The lowest BCUT2D eigenvalue weighted by molar-refractivity contribution is 0.0726. The van der Waals surface area contributed by atoms with Crippen LogP contribution in [0.3, 0.4) is 0 Å². The number of allylic oxidation sites excluding steroid dienone is 1. The summed E-state index contributed by atoms with van der Waals surface area (Å²) in [5.41, 5.74) is 2.74. The first-order chi connectivity index (χ1) is 7.24. The van der Waals surface area contributed by atoms with E-state index in [1.165, 1.54) is 16.1 Å². The monoisotopic (exact) mass is 227 g/mol. The van der Waals surface area contributed by atoms with Crippen LogP contribution in [0.15, 0.2) is 22.1 Å². The summed E-state index contributed by atoms with van der Waals surface area (Å²) in [5, 5.41) is 3.20. The lowest BCUT2D eigenvalue weighted by atomic mass is 9.98. The van der Waals surface area contributed by atoms with Crippen LogP contribution in [0, 0.1) is 0 Å². The molecule has 0 amide bonds. The van der Waals surface area contributed by atoms with E-state index in [4.69, 9.17) is 4.74 Å². The molecule has 1 aliphatic rings. The first-order valence-corrected chi connectivity index (χ1v) is 6.63. The summed E-state index contributed by atoms with van der Waals surface area (Å²) in [5.74, 6) is 0. The van der Waals surface area contributed by atoms with Crippen LogP contribution in [0.2, 0.25) is 0 Å². The SMILES string of the molecule is C/C=C(\C)C1=C(SC)CCOC1CNC. The zero-order valence-corrected chi connectivity index (χ0v) is 10.9. The van der Waals surface area contributed by atoms with Crippen molar-refractivity contribution in [1.82, 2.24) is 5.32 Å². The van der Waals surface area contributed by atoms with Crippen molar-refractivity contribution in [2.24, 2.45) is 0 Å². The van der Waals surface area contributed by atoms with Gasteiger partial charge in [-0.2, -0.15) is 0 Å². The van der Waals surface area contributed by atoms with Crippen LogP contribution in [0.4, 0.5) is 0 Å². The summed E-state index contributed by atoms with van der Waals surface area (Å²) < 4.78 is 5.81. The Bertz CT molecular complexity index is 271. The lowest BCUT2D eigenvalue weighted by Crippen LogP contribution is -2.32. The second kappa shape index (κ2) is 6.36. The summed E-state index contributed by atoms with van der Waals surface area (Å²) in [6.07, 6.45) is 5.60. The van der Waals surface area contributed by atoms with Crippen LogP contribution in [-0.4, -0.2) is 32.6 Å². The second-order valence-electron chi connectivity index (χ2n) is 3.68. The number of ether oxygens (including phenoxy) is 1. The van der Waals surface area contributed by atoms with Gasteiger partial charge in [-0.15, -0.1) is 11.8 Å². The molecular formula is C12H21NOS. The predicted molar refractivity (Wildman–Crippen MR) is 68.3 cm³/mol. The first kappa shape index (κ1) is 12.8. The molecule has 0 bridgehead atoms. The molecule has 1 atom stereocenters. The Balaban J connectivity index is 2.98. The summed E-state index contributed by atoms with van der Waals surface area (Å²) >= 11 is 1.86. The van der Waals surface area contributed by atoms with E-state index in [9.17, 15) is 0 Å². The van der Waals surface area contributed by atoms with Crippen molar-refractivity contribution in [1.29, 1.82) is 0 Å². The van der Waals surface area contributed by atoms with Crippen LogP contribution in [0.5, 0.6) is 0 Å². The van der Waals surface area contributed by atoms with Gasteiger partial charge in [0, 0.05) is 13.0 Å². The summed E-state index contributed by atoms with van der Waals surface area (Å²) in [6, 6.07) is 0. The van der Waals surface area contributed by atoms with E-state index in [0.29, 0.717) is 0 Å². The van der Waals surface area contributed by atoms with Gasteiger partial charge in [-0.05, 0) is 43.2 Å². The third-order valence-corrected chi connectivity index (χ3v) is 3.68. The molecule has 1 unspecified atom stereocenters. The highest BCUT2D eigenvalue weighted by Crippen LogP contribution is 2.32. The van der Waals surface area contributed by atoms with Gasteiger partial charge < -0.3 is 10.1 Å². The highest BCUT2D eigenvalue weighted by atomic mass is 32.2. The molecular weight excluding hydrogens is 206 g/mol. The van der Waals surface area contributed by atoms with Crippen molar-refractivity contribution < 1.29 is 4.74 Å². The van der Waals surface area contributed by atoms with Gasteiger partial charge >= 0.3 is 0 Å². The fraction of sp³-hybridized carbons (Fsp3) is 0.667. The Morgan fingerprint density at radius 1 is 1.67 bits per heavy atom. The Kier molecular flexibility index (Phi) is 5.43. The molecule has 0 spiro atoms. The number of hydrogen-bond acceptors (Lipinski definition) is 3. The number of thioether (sulfide) groups is 1. The molecule has 15 heavy (non-hydrogen) atoms. The summed E-state index contributed by atoms with van der Waals surface area (Å²) in [7, 11) is 1.97. The van der Waals surface area contributed by atoms with Gasteiger partial charge in [0.1, 0.15) is 0 Å². The maximum Gasteiger partial charge on any atom is 0.0959 e. The van der Waals surface area contributed by atoms with E-state index in [2.05, 4.69) is 31.5 Å². The maximum absolute atomic E-state index is 5.81. The van der Waals surface area contributed by atoms with Gasteiger partial charge in [0.25, 0.3) is 0 Å². The van der Waals surface area contributed by atoms with Crippen molar-refractivity contribution in [2.45, 2.75) is 26.4 Å². The van der Waals surface area contributed by atoms with Crippen molar-refractivity contribution in [2.75, 3.05) is 26.5 Å². The van der Waals surface area contributed by atoms with Gasteiger partial charge in [0.15, 0.2) is 0 Å². The van der Waals surface area contributed by atoms with E-state index < -0.39 is 0 Å². The molecule has 0 aromatic carbocycles. The Hall–Kier alpha value is -0.250. The standard InChI is InChI=1S/C12H21NOS/c1-5-9(2)12-10(8-13-3)14-7-6-11(12)15-4/h5,10,13H,6-8H2,1-4H3/b9-5+. The Morgan fingerprint density at radius 2 is 2.40 bits per heavy atom. The van der Waals surface area contributed by atoms with Crippen molar-refractivity contribution in [3.05, 3.63) is 22.1 Å². The van der Waals surface area contributed by atoms with Crippen LogP contribution >= 0.6 is 11.8 Å². The summed E-state index contributed by atoms with van der Waals surface area (Å²) in [4.78, 5) is 1.48. The minimum Gasteiger partial charge on any atom is -0.372 e. The van der Waals surface area contributed by atoms with Crippen molar-refractivity contribution in [3.63, 3.8) is 0 Å². The zero-order valence-electron chi connectivity index (χ0n) is 10.1. The number of likely N-dealkylation sites (N-methyl/N-ethyl adjacent to an activating group) is 1. The second-order valence-corrected chi connectivity index (χ2v) is 4.58. The van der Waals surface area contributed by atoms with Crippen LogP contribution in [0.25, 0.3) is 0 Å². The average Bonchev–Trinajstić information content (AvgIpc) is 2.28. The van der Waals surface area contributed by atoms with E-state index in [-0.39, 0.29) is 6.10 Å². The molecule has 0 radical (unpaired) electrons. The summed E-state index contributed by atoms with van der Waals surface area (Å²) in [6.45, 7) is 6.00. The molecule has 0 fully saturated rings. The van der Waals surface area contributed by atoms with E-state index >= 15 is 0 Å². The maximum atomic E-state index is 5.81.